The average molecular weight is 402 g/mol. The van der Waals surface area contributed by atoms with Crippen molar-refractivity contribution in [2.45, 2.75) is 39.2 Å². The number of anilines is 1. The Balaban J connectivity index is 1.66. The molecule has 3 aromatic carbocycles. The lowest BCUT2D eigenvalue weighted by molar-refractivity contribution is 0.218. The van der Waals surface area contributed by atoms with Gasteiger partial charge < -0.3 is 14.7 Å². The number of benzene rings is 3. The topological polar surface area (TPSA) is 32.7 Å². The number of hydrogen-bond donors (Lipinski definition) is 1. The van der Waals surface area contributed by atoms with Crippen LogP contribution in [0.4, 0.5) is 5.69 Å². The van der Waals surface area contributed by atoms with Gasteiger partial charge in [-0.3, -0.25) is 0 Å². The molecule has 1 aliphatic rings. The normalized spacial score (nSPS) is 14.7. The number of ether oxygens (including phenoxy) is 1. The van der Waals surface area contributed by atoms with Crippen molar-refractivity contribution in [1.82, 2.24) is 0 Å². The Hall–Kier alpha value is -2.78. The molecule has 3 heteroatoms. The maximum atomic E-state index is 11.3. The quantitative estimate of drug-likeness (QED) is 0.585. The van der Waals surface area contributed by atoms with E-state index in [1.807, 2.05) is 18.2 Å². The van der Waals surface area contributed by atoms with Crippen LogP contribution in [0, 0.1) is 13.8 Å². The van der Waals surface area contributed by atoms with Crippen molar-refractivity contribution in [2.24, 2.45) is 0 Å². The van der Waals surface area contributed by atoms with Crippen LogP contribution in [0.2, 0.25) is 0 Å². The molecule has 1 atom stereocenters. The van der Waals surface area contributed by atoms with Crippen molar-refractivity contribution in [2.75, 3.05) is 25.1 Å². The number of methoxy groups -OCH3 is 1. The van der Waals surface area contributed by atoms with Crippen molar-refractivity contribution in [3.8, 4) is 5.75 Å². The number of aryl methyl sites for hydroxylation is 2. The molecule has 1 N–H and O–H groups in total. The Morgan fingerprint density at radius 1 is 0.933 bits per heavy atom. The number of aliphatic hydroxyl groups excluding tert-OH is 1. The Morgan fingerprint density at radius 3 is 2.23 bits per heavy atom. The summed E-state index contributed by atoms with van der Waals surface area (Å²) in [4.78, 5) is 2.45. The van der Waals surface area contributed by atoms with Crippen LogP contribution >= 0.6 is 0 Å². The molecular formula is C27H31NO2. The standard InChI is InChI=1S/C27H31NO2/c1-19-15-24(28-13-7-8-14-28)16-20(2)26(19)27(29)22-11-12-25(30-3)23(18-22)17-21-9-5-4-6-10-21/h4-6,9-12,15-16,18,27,29H,7-8,13-14,17H2,1-3H3. The Bertz CT molecular complexity index is 984. The summed E-state index contributed by atoms with van der Waals surface area (Å²) in [5, 5.41) is 11.3. The predicted molar refractivity (Wildman–Crippen MR) is 124 cm³/mol. The second kappa shape index (κ2) is 8.93. The number of hydrogen-bond acceptors (Lipinski definition) is 3. The number of rotatable bonds is 6. The van der Waals surface area contributed by atoms with E-state index in [0.29, 0.717) is 0 Å². The maximum Gasteiger partial charge on any atom is 0.122 e. The van der Waals surface area contributed by atoms with Gasteiger partial charge in [0.2, 0.25) is 0 Å². The van der Waals surface area contributed by atoms with E-state index in [0.717, 1.165) is 53.1 Å². The third-order valence-corrected chi connectivity index (χ3v) is 6.18. The summed E-state index contributed by atoms with van der Waals surface area (Å²) in [5.41, 5.74) is 7.79. The highest BCUT2D eigenvalue weighted by Gasteiger charge is 2.20. The van der Waals surface area contributed by atoms with Gasteiger partial charge >= 0.3 is 0 Å². The van der Waals surface area contributed by atoms with E-state index in [2.05, 4.69) is 61.2 Å². The van der Waals surface area contributed by atoms with Crippen molar-refractivity contribution >= 4 is 5.69 Å². The lowest BCUT2D eigenvalue weighted by Crippen LogP contribution is -2.18. The van der Waals surface area contributed by atoms with E-state index in [1.165, 1.54) is 24.1 Å². The summed E-state index contributed by atoms with van der Waals surface area (Å²) >= 11 is 0. The predicted octanol–water partition coefficient (Wildman–Crippen LogP) is 5.58. The lowest BCUT2D eigenvalue weighted by atomic mass is 9.91. The Labute approximate surface area is 179 Å². The first-order valence-electron chi connectivity index (χ1n) is 10.8. The molecule has 30 heavy (non-hydrogen) atoms. The van der Waals surface area contributed by atoms with Crippen LogP contribution in [0.25, 0.3) is 0 Å². The number of nitrogens with zero attached hydrogens (tertiary/aromatic N) is 1. The van der Waals surface area contributed by atoms with E-state index in [9.17, 15) is 5.11 Å². The highest BCUT2D eigenvalue weighted by atomic mass is 16.5. The molecule has 1 saturated heterocycles. The van der Waals surface area contributed by atoms with E-state index in [1.54, 1.807) is 7.11 Å². The van der Waals surface area contributed by atoms with Gasteiger partial charge in [0.05, 0.1) is 7.11 Å². The molecule has 3 nitrogen and oxygen atoms in total. The monoisotopic (exact) mass is 401 g/mol. The third-order valence-electron chi connectivity index (χ3n) is 6.18. The van der Waals surface area contributed by atoms with Gasteiger partial charge in [-0.25, -0.2) is 0 Å². The maximum absolute atomic E-state index is 11.3. The van der Waals surface area contributed by atoms with Crippen LogP contribution in [-0.4, -0.2) is 25.3 Å². The minimum atomic E-state index is -0.655. The average Bonchev–Trinajstić information content (AvgIpc) is 3.29. The first-order chi connectivity index (χ1) is 14.6. The zero-order valence-corrected chi connectivity index (χ0v) is 18.2. The molecule has 0 radical (unpaired) electrons. The first-order valence-corrected chi connectivity index (χ1v) is 10.8. The zero-order chi connectivity index (χ0) is 21.1. The van der Waals surface area contributed by atoms with E-state index in [4.69, 9.17) is 4.74 Å². The van der Waals surface area contributed by atoms with Crippen molar-refractivity contribution in [1.29, 1.82) is 0 Å². The minimum Gasteiger partial charge on any atom is -0.496 e. The van der Waals surface area contributed by atoms with Gasteiger partial charge in [0.25, 0.3) is 0 Å². The van der Waals surface area contributed by atoms with Crippen LogP contribution in [0.3, 0.4) is 0 Å². The van der Waals surface area contributed by atoms with Crippen LogP contribution in [-0.2, 0) is 6.42 Å². The molecule has 1 fully saturated rings. The van der Waals surface area contributed by atoms with Crippen LogP contribution in [0.1, 0.15) is 52.3 Å². The van der Waals surface area contributed by atoms with Gasteiger partial charge in [0.1, 0.15) is 11.9 Å². The van der Waals surface area contributed by atoms with Crippen LogP contribution in [0.15, 0.2) is 60.7 Å². The number of aliphatic hydroxyl groups is 1. The van der Waals surface area contributed by atoms with Crippen LogP contribution < -0.4 is 9.64 Å². The molecule has 4 rings (SSSR count). The molecule has 0 amide bonds. The molecular weight excluding hydrogens is 370 g/mol. The molecule has 1 heterocycles. The fraction of sp³-hybridized carbons (Fsp3) is 0.333. The Morgan fingerprint density at radius 2 is 1.60 bits per heavy atom. The zero-order valence-electron chi connectivity index (χ0n) is 18.2. The molecule has 1 aliphatic heterocycles. The lowest BCUT2D eigenvalue weighted by Gasteiger charge is -2.23. The molecule has 0 spiro atoms. The summed E-state index contributed by atoms with van der Waals surface area (Å²) in [6, 6.07) is 20.9. The Kier molecular flexibility index (Phi) is 6.10. The van der Waals surface area contributed by atoms with Gasteiger partial charge in [-0.2, -0.15) is 0 Å². The van der Waals surface area contributed by atoms with Crippen molar-refractivity contribution in [3.05, 3.63) is 94.0 Å². The summed E-state index contributed by atoms with van der Waals surface area (Å²) < 4.78 is 5.59. The van der Waals surface area contributed by atoms with Gasteiger partial charge in [-0.05, 0) is 84.3 Å². The van der Waals surface area contributed by atoms with E-state index in [-0.39, 0.29) is 0 Å². The van der Waals surface area contributed by atoms with Crippen LogP contribution in [0.5, 0.6) is 5.75 Å². The smallest absolute Gasteiger partial charge is 0.122 e. The summed E-state index contributed by atoms with van der Waals surface area (Å²) in [7, 11) is 1.70. The van der Waals surface area contributed by atoms with E-state index < -0.39 is 6.10 Å². The van der Waals surface area contributed by atoms with Gasteiger partial charge in [0.15, 0.2) is 0 Å². The van der Waals surface area contributed by atoms with Gasteiger partial charge in [-0.1, -0.05) is 36.4 Å². The van der Waals surface area contributed by atoms with Gasteiger partial charge in [0, 0.05) is 25.2 Å². The fourth-order valence-electron chi connectivity index (χ4n) is 4.63. The van der Waals surface area contributed by atoms with E-state index >= 15 is 0 Å². The minimum absolute atomic E-state index is 0.655. The highest BCUT2D eigenvalue weighted by molar-refractivity contribution is 5.56. The fourth-order valence-corrected chi connectivity index (χ4v) is 4.63. The first kappa shape index (κ1) is 20.5. The largest absolute Gasteiger partial charge is 0.496 e. The third kappa shape index (κ3) is 4.22. The molecule has 0 aromatic heterocycles. The highest BCUT2D eigenvalue weighted by Crippen LogP contribution is 2.34. The van der Waals surface area contributed by atoms with Gasteiger partial charge in [-0.15, -0.1) is 0 Å². The SMILES string of the molecule is COc1ccc(C(O)c2c(C)cc(N3CCCC3)cc2C)cc1Cc1ccccc1. The summed E-state index contributed by atoms with van der Waals surface area (Å²) in [6.45, 7) is 6.48. The van der Waals surface area contributed by atoms with Crippen molar-refractivity contribution in [3.63, 3.8) is 0 Å². The second-order valence-corrected chi connectivity index (χ2v) is 8.32. The molecule has 0 saturated carbocycles. The summed E-state index contributed by atoms with van der Waals surface area (Å²) in [5.74, 6) is 0.854. The van der Waals surface area contributed by atoms with Crippen molar-refractivity contribution < 1.29 is 9.84 Å². The molecule has 0 bridgehead atoms. The molecule has 3 aromatic rings. The second-order valence-electron chi connectivity index (χ2n) is 8.32. The molecule has 156 valence electrons. The molecule has 0 aliphatic carbocycles. The summed E-state index contributed by atoms with van der Waals surface area (Å²) in [6.07, 6.45) is 2.64. The molecule has 1 unspecified atom stereocenters.